The molecule has 1 heterocycles. The molecule has 0 aliphatic heterocycles. The van der Waals surface area contributed by atoms with E-state index >= 15 is 0 Å². The first-order valence-corrected chi connectivity index (χ1v) is 5.61. The zero-order chi connectivity index (χ0) is 10.8. The van der Waals surface area contributed by atoms with Crippen LogP contribution < -0.4 is 5.32 Å². The molecule has 0 bridgehead atoms. The monoisotopic (exact) mass is 214 g/mol. The summed E-state index contributed by atoms with van der Waals surface area (Å²) in [4.78, 5) is 0. The van der Waals surface area contributed by atoms with Crippen LogP contribution in [0.4, 0.5) is 0 Å². The quantitative estimate of drug-likeness (QED) is 0.839. The van der Waals surface area contributed by atoms with Crippen LogP contribution in [0.1, 0.15) is 18.7 Å². The minimum absolute atomic E-state index is 0.695. The summed E-state index contributed by atoms with van der Waals surface area (Å²) in [5, 5.41) is 11.6. The summed E-state index contributed by atoms with van der Waals surface area (Å²) in [5.74, 6) is 0.970. The van der Waals surface area contributed by atoms with Crippen molar-refractivity contribution in [3.05, 3.63) is 42.5 Å². The van der Waals surface area contributed by atoms with E-state index < -0.39 is 0 Å². The summed E-state index contributed by atoms with van der Waals surface area (Å²) in [5.41, 5.74) is 1.11. The second kappa shape index (κ2) is 4.06. The van der Waals surface area contributed by atoms with Gasteiger partial charge in [0.2, 0.25) is 0 Å². The van der Waals surface area contributed by atoms with Crippen LogP contribution >= 0.6 is 0 Å². The molecule has 1 saturated carbocycles. The number of nitrogens with one attached hydrogen (secondary N) is 1. The topological polar surface area (TPSA) is 42.7 Å². The normalized spacial score (nSPS) is 15.2. The van der Waals surface area contributed by atoms with Gasteiger partial charge in [0.25, 0.3) is 0 Å². The van der Waals surface area contributed by atoms with Crippen LogP contribution in [0.3, 0.4) is 0 Å². The Morgan fingerprint density at radius 1 is 1.25 bits per heavy atom. The maximum Gasteiger partial charge on any atom is 0.151 e. The van der Waals surface area contributed by atoms with Crippen LogP contribution in [0.5, 0.6) is 0 Å². The van der Waals surface area contributed by atoms with Gasteiger partial charge in [0.15, 0.2) is 5.82 Å². The SMILES string of the molecule is c1ccc(-n2cnnc2CNC2CC2)cc1. The van der Waals surface area contributed by atoms with Crippen molar-refractivity contribution in [1.82, 2.24) is 20.1 Å². The number of hydrogen-bond donors (Lipinski definition) is 1. The Balaban J connectivity index is 1.81. The van der Waals surface area contributed by atoms with Gasteiger partial charge in [-0.2, -0.15) is 0 Å². The number of benzene rings is 1. The minimum atomic E-state index is 0.695. The molecule has 0 spiro atoms. The van der Waals surface area contributed by atoms with E-state index in [2.05, 4.69) is 27.6 Å². The number of rotatable bonds is 4. The summed E-state index contributed by atoms with van der Waals surface area (Å²) >= 11 is 0. The minimum Gasteiger partial charge on any atom is -0.307 e. The van der Waals surface area contributed by atoms with E-state index in [4.69, 9.17) is 0 Å². The Morgan fingerprint density at radius 2 is 2.06 bits per heavy atom. The number of para-hydroxylation sites is 1. The van der Waals surface area contributed by atoms with Crippen molar-refractivity contribution in [1.29, 1.82) is 0 Å². The van der Waals surface area contributed by atoms with E-state index in [-0.39, 0.29) is 0 Å². The van der Waals surface area contributed by atoms with Crippen molar-refractivity contribution in [3.8, 4) is 5.69 Å². The molecule has 0 atom stereocenters. The highest BCUT2D eigenvalue weighted by atomic mass is 15.3. The number of aromatic nitrogens is 3. The molecule has 0 amide bonds. The fourth-order valence-electron chi connectivity index (χ4n) is 1.71. The van der Waals surface area contributed by atoms with Gasteiger partial charge in [-0.1, -0.05) is 18.2 Å². The van der Waals surface area contributed by atoms with Crippen molar-refractivity contribution in [2.24, 2.45) is 0 Å². The molecule has 1 aliphatic carbocycles. The van der Waals surface area contributed by atoms with Gasteiger partial charge in [-0.3, -0.25) is 4.57 Å². The molecular weight excluding hydrogens is 200 g/mol. The van der Waals surface area contributed by atoms with Crippen LogP contribution in [0.25, 0.3) is 5.69 Å². The van der Waals surface area contributed by atoms with Crippen molar-refractivity contribution >= 4 is 0 Å². The van der Waals surface area contributed by atoms with Gasteiger partial charge in [-0.25, -0.2) is 0 Å². The molecule has 0 radical (unpaired) electrons. The van der Waals surface area contributed by atoms with Gasteiger partial charge in [-0.15, -0.1) is 10.2 Å². The van der Waals surface area contributed by atoms with E-state index in [1.807, 2.05) is 22.8 Å². The summed E-state index contributed by atoms with van der Waals surface area (Å²) in [6, 6.07) is 10.9. The molecule has 3 rings (SSSR count). The third-order valence-corrected chi connectivity index (χ3v) is 2.78. The van der Waals surface area contributed by atoms with E-state index in [9.17, 15) is 0 Å². The highest BCUT2D eigenvalue weighted by Crippen LogP contribution is 2.19. The van der Waals surface area contributed by atoms with Crippen LogP contribution in [0, 0.1) is 0 Å². The predicted octanol–water partition coefficient (Wildman–Crippen LogP) is 1.52. The second-order valence-electron chi connectivity index (χ2n) is 4.11. The summed E-state index contributed by atoms with van der Waals surface area (Å²) in [6.45, 7) is 0.791. The van der Waals surface area contributed by atoms with Crippen molar-refractivity contribution in [2.75, 3.05) is 0 Å². The predicted molar refractivity (Wildman–Crippen MR) is 61.2 cm³/mol. The maximum atomic E-state index is 4.14. The maximum absolute atomic E-state index is 4.14. The average Bonchev–Trinajstić information content (AvgIpc) is 3.05. The largest absolute Gasteiger partial charge is 0.307 e. The Kier molecular flexibility index (Phi) is 2.42. The van der Waals surface area contributed by atoms with Gasteiger partial charge < -0.3 is 5.32 Å². The zero-order valence-electron chi connectivity index (χ0n) is 9.00. The number of nitrogens with zero attached hydrogens (tertiary/aromatic N) is 3. The molecule has 0 unspecified atom stereocenters. The standard InChI is InChI=1S/C12H14N4/c1-2-4-11(5-3-1)16-9-14-15-12(16)8-13-10-6-7-10/h1-5,9-10,13H,6-8H2. The fourth-order valence-corrected chi connectivity index (χ4v) is 1.71. The van der Waals surface area contributed by atoms with Gasteiger partial charge in [0.1, 0.15) is 6.33 Å². The molecule has 1 N–H and O–H groups in total. The van der Waals surface area contributed by atoms with Gasteiger partial charge in [0.05, 0.1) is 6.54 Å². The molecule has 1 fully saturated rings. The summed E-state index contributed by atoms with van der Waals surface area (Å²) in [7, 11) is 0. The zero-order valence-corrected chi connectivity index (χ0v) is 9.00. The second-order valence-corrected chi connectivity index (χ2v) is 4.11. The molecule has 1 aliphatic rings. The van der Waals surface area contributed by atoms with Gasteiger partial charge in [0, 0.05) is 11.7 Å². The smallest absolute Gasteiger partial charge is 0.151 e. The third kappa shape index (κ3) is 1.97. The lowest BCUT2D eigenvalue weighted by atomic mass is 10.3. The summed E-state index contributed by atoms with van der Waals surface area (Å²) in [6.07, 6.45) is 4.35. The Bertz CT molecular complexity index is 459. The first kappa shape index (κ1) is 9.54. The Morgan fingerprint density at radius 3 is 2.81 bits per heavy atom. The fraction of sp³-hybridized carbons (Fsp3) is 0.333. The first-order chi connectivity index (χ1) is 7.93. The van der Waals surface area contributed by atoms with E-state index in [0.29, 0.717) is 6.04 Å². The van der Waals surface area contributed by atoms with Gasteiger partial charge in [-0.05, 0) is 25.0 Å². The first-order valence-electron chi connectivity index (χ1n) is 5.61. The van der Waals surface area contributed by atoms with Crippen LogP contribution in [0.2, 0.25) is 0 Å². The highest BCUT2D eigenvalue weighted by Gasteiger charge is 2.21. The lowest BCUT2D eigenvalue weighted by Crippen LogP contribution is -2.18. The molecule has 1 aromatic heterocycles. The average molecular weight is 214 g/mol. The Labute approximate surface area is 94.3 Å². The molecule has 0 saturated heterocycles. The van der Waals surface area contributed by atoms with Crippen molar-refractivity contribution in [3.63, 3.8) is 0 Å². The van der Waals surface area contributed by atoms with Crippen molar-refractivity contribution < 1.29 is 0 Å². The van der Waals surface area contributed by atoms with E-state index in [1.54, 1.807) is 6.33 Å². The molecule has 16 heavy (non-hydrogen) atoms. The number of hydrogen-bond acceptors (Lipinski definition) is 3. The molecule has 82 valence electrons. The third-order valence-electron chi connectivity index (χ3n) is 2.78. The lowest BCUT2D eigenvalue weighted by molar-refractivity contribution is 0.647. The van der Waals surface area contributed by atoms with E-state index in [1.165, 1.54) is 12.8 Å². The molecule has 1 aromatic carbocycles. The lowest BCUT2D eigenvalue weighted by Gasteiger charge is -2.06. The molecule has 2 aromatic rings. The highest BCUT2D eigenvalue weighted by molar-refractivity contribution is 5.31. The molecule has 4 heteroatoms. The van der Waals surface area contributed by atoms with Crippen LogP contribution in [-0.2, 0) is 6.54 Å². The van der Waals surface area contributed by atoms with Crippen LogP contribution in [-0.4, -0.2) is 20.8 Å². The molecule has 4 nitrogen and oxygen atoms in total. The summed E-state index contributed by atoms with van der Waals surface area (Å²) < 4.78 is 2.02. The Hall–Kier alpha value is -1.68. The molecular formula is C12H14N4. The van der Waals surface area contributed by atoms with Crippen LogP contribution in [0.15, 0.2) is 36.7 Å². The van der Waals surface area contributed by atoms with E-state index in [0.717, 1.165) is 18.1 Å². The van der Waals surface area contributed by atoms with Crippen molar-refractivity contribution in [2.45, 2.75) is 25.4 Å². The van der Waals surface area contributed by atoms with Gasteiger partial charge >= 0.3 is 0 Å².